The van der Waals surface area contributed by atoms with Crippen LogP contribution in [-0.2, 0) is 11.0 Å². The van der Waals surface area contributed by atoms with Crippen molar-refractivity contribution in [3.63, 3.8) is 0 Å². The number of alkyl halides is 3. The van der Waals surface area contributed by atoms with Gasteiger partial charge >= 0.3 is 6.18 Å². The van der Waals surface area contributed by atoms with Gasteiger partial charge in [-0.15, -0.1) is 0 Å². The molecule has 7 heteroatoms. The van der Waals surface area contributed by atoms with Gasteiger partial charge in [0, 0.05) is 25.7 Å². The van der Waals surface area contributed by atoms with Crippen LogP contribution >= 0.6 is 0 Å². The molecule has 116 valence electrons. The maximum atomic E-state index is 12.4. The number of nitrogens with one attached hydrogen (secondary N) is 1. The minimum atomic E-state index is -4.37. The van der Waals surface area contributed by atoms with Gasteiger partial charge in [0.15, 0.2) is 6.61 Å². The zero-order chi connectivity index (χ0) is 15.5. The van der Waals surface area contributed by atoms with E-state index in [0.29, 0.717) is 6.54 Å². The molecule has 1 fully saturated rings. The van der Waals surface area contributed by atoms with E-state index in [1.807, 2.05) is 6.92 Å². The molecule has 0 aromatic heterocycles. The second kappa shape index (κ2) is 6.34. The summed E-state index contributed by atoms with van der Waals surface area (Å²) in [6, 6.07) is 4.40. The van der Waals surface area contributed by atoms with Gasteiger partial charge in [0.05, 0.1) is 5.56 Å². The number of hydrogen-bond donors (Lipinski definition) is 1. The molecule has 1 atom stereocenters. The third-order valence-corrected chi connectivity index (χ3v) is 3.37. The number of carbonyl (C=O) groups excluding carboxylic acids is 1. The molecule has 0 saturated carbocycles. The molecule has 0 aliphatic carbocycles. The lowest BCUT2D eigenvalue weighted by molar-refractivity contribution is -0.138. The van der Waals surface area contributed by atoms with E-state index in [9.17, 15) is 18.0 Å². The molecule has 1 heterocycles. The second-order valence-electron chi connectivity index (χ2n) is 4.95. The Morgan fingerprint density at radius 3 is 2.62 bits per heavy atom. The zero-order valence-corrected chi connectivity index (χ0v) is 11.6. The summed E-state index contributed by atoms with van der Waals surface area (Å²) in [5.41, 5.74) is -0.739. The monoisotopic (exact) mass is 302 g/mol. The molecular formula is C14H17F3N2O2. The molecule has 1 aliphatic heterocycles. The Morgan fingerprint density at radius 1 is 1.38 bits per heavy atom. The van der Waals surface area contributed by atoms with Gasteiger partial charge in [-0.25, -0.2) is 0 Å². The topological polar surface area (TPSA) is 41.6 Å². The Labute approximate surface area is 120 Å². The summed E-state index contributed by atoms with van der Waals surface area (Å²) in [6.07, 6.45) is -4.37. The molecule has 1 aliphatic rings. The third-order valence-electron chi connectivity index (χ3n) is 3.37. The lowest BCUT2D eigenvalue weighted by Gasteiger charge is -2.33. The number of rotatable bonds is 3. The van der Waals surface area contributed by atoms with Gasteiger partial charge in [-0.2, -0.15) is 13.2 Å². The van der Waals surface area contributed by atoms with Crippen LogP contribution in [0.25, 0.3) is 0 Å². The maximum absolute atomic E-state index is 12.4. The van der Waals surface area contributed by atoms with E-state index < -0.39 is 11.7 Å². The minimum Gasteiger partial charge on any atom is -0.484 e. The molecule has 2 rings (SSSR count). The van der Waals surface area contributed by atoms with Crippen LogP contribution < -0.4 is 10.1 Å². The Kier molecular flexibility index (Phi) is 4.72. The van der Waals surface area contributed by atoms with Gasteiger partial charge in [-0.05, 0) is 31.2 Å². The predicted molar refractivity (Wildman–Crippen MR) is 71.0 cm³/mol. The first-order valence-corrected chi connectivity index (χ1v) is 6.68. The summed E-state index contributed by atoms with van der Waals surface area (Å²) in [4.78, 5) is 13.7. The number of piperazine rings is 1. The highest BCUT2D eigenvalue weighted by Gasteiger charge is 2.30. The second-order valence-corrected chi connectivity index (χ2v) is 4.95. The van der Waals surface area contributed by atoms with E-state index in [-0.39, 0.29) is 24.3 Å². The normalized spacial score (nSPS) is 19.4. The Bertz CT molecular complexity index is 488. The summed E-state index contributed by atoms with van der Waals surface area (Å²) in [7, 11) is 0. The average molecular weight is 302 g/mol. The van der Waals surface area contributed by atoms with E-state index >= 15 is 0 Å². The van der Waals surface area contributed by atoms with Gasteiger partial charge in [-0.1, -0.05) is 0 Å². The van der Waals surface area contributed by atoms with E-state index in [1.54, 1.807) is 4.90 Å². The molecule has 0 spiro atoms. The molecule has 1 saturated heterocycles. The molecule has 0 radical (unpaired) electrons. The fraction of sp³-hybridized carbons (Fsp3) is 0.500. The number of amides is 1. The maximum Gasteiger partial charge on any atom is 0.416 e. The Balaban J connectivity index is 1.89. The lowest BCUT2D eigenvalue weighted by atomic mass is 10.2. The number of ether oxygens (including phenoxy) is 1. The van der Waals surface area contributed by atoms with E-state index in [2.05, 4.69) is 5.32 Å². The molecule has 1 amide bonds. The number of benzene rings is 1. The molecule has 0 bridgehead atoms. The van der Waals surface area contributed by atoms with Crippen molar-refractivity contribution in [1.29, 1.82) is 0 Å². The van der Waals surface area contributed by atoms with E-state index in [0.717, 1.165) is 25.2 Å². The molecular weight excluding hydrogens is 285 g/mol. The van der Waals surface area contributed by atoms with E-state index in [1.165, 1.54) is 12.1 Å². The molecule has 0 unspecified atom stereocenters. The van der Waals surface area contributed by atoms with Gasteiger partial charge in [0.2, 0.25) is 0 Å². The number of halogens is 3. The predicted octanol–water partition coefficient (Wildman–Crippen LogP) is 1.90. The van der Waals surface area contributed by atoms with Crippen LogP contribution in [0.2, 0.25) is 0 Å². The summed E-state index contributed by atoms with van der Waals surface area (Å²) in [5, 5.41) is 3.17. The number of nitrogens with zero attached hydrogens (tertiary/aromatic N) is 1. The molecule has 4 nitrogen and oxygen atoms in total. The standard InChI is InChI=1S/C14H17F3N2O2/c1-10-8-18-6-7-19(10)13(20)9-21-12-4-2-11(3-5-12)14(15,16)17/h2-5,10,18H,6-9H2,1H3/t10-/m0/s1. The lowest BCUT2D eigenvalue weighted by Crippen LogP contribution is -2.53. The van der Waals surface area contributed by atoms with Gasteiger partial charge < -0.3 is 15.0 Å². The number of hydrogen-bond acceptors (Lipinski definition) is 3. The fourth-order valence-corrected chi connectivity index (χ4v) is 2.18. The first kappa shape index (κ1) is 15.6. The SMILES string of the molecule is C[C@H]1CNCCN1C(=O)COc1ccc(C(F)(F)F)cc1. The van der Waals surface area contributed by atoms with Crippen LogP contribution in [0.3, 0.4) is 0 Å². The highest BCUT2D eigenvalue weighted by Crippen LogP contribution is 2.30. The first-order chi connectivity index (χ1) is 9.88. The van der Waals surface area contributed by atoms with Crippen molar-refractivity contribution >= 4 is 5.91 Å². The summed E-state index contributed by atoms with van der Waals surface area (Å²) in [5.74, 6) is 0.0861. The highest BCUT2D eigenvalue weighted by atomic mass is 19.4. The quantitative estimate of drug-likeness (QED) is 0.927. The fourth-order valence-electron chi connectivity index (χ4n) is 2.18. The molecule has 21 heavy (non-hydrogen) atoms. The first-order valence-electron chi connectivity index (χ1n) is 6.68. The van der Waals surface area contributed by atoms with Crippen LogP contribution in [0, 0.1) is 0 Å². The Hall–Kier alpha value is -1.76. The largest absolute Gasteiger partial charge is 0.484 e. The van der Waals surface area contributed by atoms with Crippen LogP contribution in [-0.4, -0.2) is 43.1 Å². The molecule has 1 N–H and O–H groups in total. The average Bonchev–Trinajstić information content (AvgIpc) is 2.45. The summed E-state index contributed by atoms with van der Waals surface area (Å²) in [6.45, 7) is 3.83. The van der Waals surface area contributed by atoms with Crippen molar-refractivity contribution in [1.82, 2.24) is 10.2 Å². The van der Waals surface area contributed by atoms with Crippen molar-refractivity contribution in [3.05, 3.63) is 29.8 Å². The third kappa shape index (κ3) is 4.10. The smallest absolute Gasteiger partial charge is 0.416 e. The van der Waals surface area contributed by atoms with Gasteiger partial charge in [-0.3, -0.25) is 4.79 Å². The van der Waals surface area contributed by atoms with Crippen molar-refractivity contribution in [2.75, 3.05) is 26.2 Å². The van der Waals surface area contributed by atoms with Crippen LogP contribution in [0.15, 0.2) is 24.3 Å². The van der Waals surface area contributed by atoms with Crippen molar-refractivity contribution < 1.29 is 22.7 Å². The van der Waals surface area contributed by atoms with Crippen LogP contribution in [0.4, 0.5) is 13.2 Å². The van der Waals surface area contributed by atoms with Gasteiger partial charge in [0.1, 0.15) is 5.75 Å². The summed E-state index contributed by atoms with van der Waals surface area (Å²) < 4.78 is 42.5. The minimum absolute atomic E-state index is 0.0856. The zero-order valence-electron chi connectivity index (χ0n) is 11.6. The number of carbonyl (C=O) groups is 1. The molecule has 1 aromatic carbocycles. The van der Waals surface area contributed by atoms with Crippen molar-refractivity contribution in [2.45, 2.75) is 19.1 Å². The van der Waals surface area contributed by atoms with Gasteiger partial charge in [0.25, 0.3) is 5.91 Å². The van der Waals surface area contributed by atoms with Crippen LogP contribution in [0.1, 0.15) is 12.5 Å². The van der Waals surface area contributed by atoms with E-state index in [4.69, 9.17) is 4.74 Å². The van der Waals surface area contributed by atoms with Crippen molar-refractivity contribution in [3.8, 4) is 5.75 Å². The van der Waals surface area contributed by atoms with Crippen LogP contribution in [0.5, 0.6) is 5.75 Å². The summed E-state index contributed by atoms with van der Waals surface area (Å²) >= 11 is 0. The highest BCUT2D eigenvalue weighted by molar-refractivity contribution is 5.78. The Morgan fingerprint density at radius 2 is 2.05 bits per heavy atom. The van der Waals surface area contributed by atoms with Crippen molar-refractivity contribution in [2.24, 2.45) is 0 Å². The molecule has 1 aromatic rings.